The molecule has 1 aromatic carbocycles. The summed E-state index contributed by atoms with van der Waals surface area (Å²) in [5.74, 6) is 1.65. The van der Waals surface area contributed by atoms with Crippen LogP contribution in [0.4, 0.5) is 17.2 Å². The van der Waals surface area contributed by atoms with E-state index in [0.717, 1.165) is 16.3 Å². The lowest BCUT2D eigenvalue weighted by Gasteiger charge is -2.09. The van der Waals surface area contributed by atoms with E-state index in [9.17, 15) is 8.42 Å². The molecule has 26 heavy (non-hydrogen) atoms. The van der Waals surface area contributed by atoms with Crippen LogP contribution in [0.15, 0.2) is 52.9 Å². The van der Waals surface area contributed by atoms with Crippen molar-refractivity contribution in [2.75, 3.05) is 16.8 Å². The molecule has 0 saturated heterocycles. The van der Waals surface area contributed by atoms with Crippen molar-refractivity contribution in [3.8, 4) is 11.5 Å². The molecule has 2 aromatic heterocycles. The SMILES string of the molecule is Cc1ccc(S(=O)(=O)Nc2ccc(Nc3ccc4c(c3)OCO4)cn2)s1. The van der Waals surface area contributed by atoms with Crippen LogP contribution in [0, 0.1) is 6.92 Å². The van der Waals surface area contributed by atoms with Gasteiger partial charge in [0.25, 0.3) is 10.0 Å². The summed E-state index contributed by atoms with van der Waals surface area (Å²) in [6.45, 7) is 2.08. The van der Waals surface area contributed by atoms with E-state index in [4.69, 9.17) is 9.47 Å². The lowest BCUT2D eigenvalue weighted by atomic mass is 10.2. The smallest absolute Gasteiger partial charge is 0.272 e. The van der Waals surface area contributed by atoms with E-state index in [-0.39, 0.29) is 16.8 Å². The van der Waals surface area contributed by atoms with Crippen LogP contribution in [0.1, 0.15) is 4.88 Å². The molecule has 0 radical (unpaired) electrons. The van der Waals surface area contributed by atoms with Crippen molar-refractivity contribution >= 4 is 38.6 Å². The van der Waals surface area contributed by atoms with Crippen LogP contribution in [0.3, 0.4) is 0 Å². The molecule has 0 atom stereocenters. The van der Waals surface area contributed by atoms with Gasteiger partial charge in [-0.25, -0.2) is 13.4 Å². The molecule has 134 valence electrons. The number of anilines is 3. The average Bonchev–Trinajstić information content (AvgIpc) is 3.25. The number of pyridine rings is 1. The monoisotopic (exact) mass is 389 g/mol. The molecular formula is C17H15N3O4S2. The Balaban J connectivity index is 1.47. The molecule has 7 nitrogen and oxygen atoms in total. The molecular weight excluding hydrogens is 374 g/mol. The Morgan fingerprint density at radius 2 is 1.85 bits per heavy atom. The summed E-state index contributed by atoms with van der Waals surface area (Å²) in [6, 6.07) is 12.2. The number of thiophene rings is 1. The number of hydrogen-bond donors (Lipinski definition) is 2. The van der Waals surface area contributed by atoms with Crippen LogP contribution >= 0.6 is 11.3 Å². The van der Waals surface area contributed by atoms with Gasteiger partial charge in [-0.1, -0.05) is 0 Å². The average molecular weight is 389 g/mol. The Labute approximate surface area is 154 Å². The van der Waals surface area contributed by atoms with Gasteiger partial charge in [0.05, 0.1) is 11.9 Å². The zero-order valence-corrected chi connectivity index (χ0v) is 15.4. The number of nitrogens with one attached hydrogen (secondary N) is 2. The molecule has 3 aromatic rings. The Bertz CT molecular complexity index is 1050. The topological polar surface area (TPSA) is 89.6 Å². The van der Waals surface area contributed by atoms with E-state index < -0.39 is 10.0 Å². The Morgan fingerprint density at radius 3 is 2.58 bits per heavy atom. The molecule has 1 aliphatic rings. The number of hydrogen-bond acceptors (Lipinski definition) is 7. The van der Waals surface area contributed by atoms with Crippen molar-refractivity contribution < 1.29 is 17.9 Å². The zero-order chi connectivity index (χ0) is 18.1. The Hall–Kier alpha value is -2.78. The first kappa shape index (κ1) is 16.7. The highest BCUT2D eigenvalue weighted by molar-refractivity contribution is 7.94. The number of aryl methyl sites for hydroxylation is 1. The molecule has 0 aliphatic carbocycles. The van der Waals surface area contributed by atoms with Crippen LogP contribution < -0.4 is 19.5 Å². The minimum Gasteiger partial charge on any atom is -0.454 e. The maximum absolute atomic E-state index is 12.3. The maximum Gasteiger partial charge on any atom is 0.272 e. The lowest BCUT2D eigenvalue weighted by molar-refractivity contribution is 0.174. The van der Waals surface area contributed by atoms with E-state index in [1.165, 1.54) is 11.3 Å². The van der Waals surface area contributed by atoms with Crippen LogP contribution in [-0.2, 0) is 10.0 Å². The van der Waals surface area contributed by atoms with Crippen molar-refractivity contribution in [3.05, 3.63) is 53.5 Å². The van der Waals surface area contributed by atoms with Gasteiger partial charge in [-0.3, -0.25) is 4.72 Å². The van der Waals surface area contributed by atoms with Crippen LogP contribution in [0.2, 0.25) is 0 Å². The van der Waals surface area contributed by atoms with Crippen LogP contribution in [0.5, 0.6) is 11.5 Å². The molecule has 0 bridgehead atoms. The summed E-state index contributed by atoms with van der Waals surface area (Å²) in [6.07, 6.45) is 1.56. The van der Waals surface area contributed by atoms with E-state index in [0.29, 0.717) is 11.5 Å². The number of fused-ring (bicyclic) bond motifs is 1. The summed E-state index contributed by atoms with van der Waals surface area (Å²) in [7, 11) is -3.62. The Kier molecular flexibility index (Phi) is 4.17. The summed E-state index contributed by atoms with van der Waals surface area (Å²) in [5.41, 5.74) is 1.54. The number of ether oxygens (including phenoxy) is 2. The highest BCUT2D eigenvalue weighted by atomic mass is 32.2. The summed E-state index contributed by atoms with van der Waals surface area (Å²) >= 11 is 1.22. The number of sulfonamides is 1. The number of aromatic nitrogens is 1. The first-order valence-electron chi connectivity index (χ1n) is 7.72. The normalized spacial score (nSPS) is 12.8. The quantitative estimate of drug-likeness (QED) is 0.691. The van der Waals surface area contributed by atoms with Gasteiger partial charge in [0.2, 0.25) is 6.79 Å². The predicted molar refractivity (Wildman–Crippen MR) is 99.9 cm³/mol. The van der Waals surface area contributed by atoms with Gasteiger partial charge in [-0.05, 0) is 43.3 Å². The Morgan fingerprint density at radius 1 is 1.04 bits per heavy atom. The first-order chi connectivity index (χ1) is 12.5. The van der Waals surface area contributed by atoms with Gasteiger partial charge in [0.1, 0.15) is 10.0 Å². The second-order valence-electron chi connectivity index (χ2n) is 5.60. The van der Waals surface area contributed by atoms with Gasteiger partial charge in [0.15, 0.2) is 11.5 Å². The van der Waals surface area contributed by atoms with Gasteiger partial charge in [0, 0.05) is 16.6 Å². The fourth-order valence-corrected chi connectivity index (χ4v) is 4.71. The highest BCUT2D eigenvalue weighted by Gasteiger charge is 2.17. The molecule has 0 spiro atoms. The maximum atomic E-state index is 12.3. The number of benzene rings is 1. The summed E-state index contributed by atoms with van der Waals surface area (Å²) in [4.78, 5) is 5.09. The molecule has 1 aliphatic heterocycles. The fourth-order valence-electron chi connectivity index (χ4n) is 2.41. The molecule has 0 unspecified atom stereocenters. The molecule has 9 heteroatoms. The molecule has 3 heterocycles. The first-order valence-corrected chi connectivity index (χ1v) is 10.0. The van der Waals surface area contributed by atoms with Crippen molar-refractivity contribution in [3.63, 3.8) is 0 Å². The molecule has 2 N–H and O–H groups in total. The van der Waals surface area contributed by atoms with Gasteiger partial charge in [-0.2, -0.15) is 0 Å². The fraction of sp³-hybridized carbons (Fsp3) is 0.118. The second kappa shape index (κ2) is 6.50. The third-order valence-corrected chi connectivity index (χ3v) is 6.49. The summed E-state index contributed by atoms with van der Waals surface area (Å²) < 4.78 is 38.0. The van der Waals surface area contributed by atoms with Crippen LogP contribution in [-0.4, -0.2) is 20.2 Å². The van der Waals surface area contributed by atoms with E-state index >= 15 is 0 Å². The van der Waals surface area contributed by atoms with E-state index in [2.05, 4.69) is 15.0 Å². The second-order valence-corrected chi connectivity index (χ2v) is 8.79. The molecule has 4 rings (SSSR count). The van der Waals surface area contributed by atoms with Crippen molar-refractivity contribution in [1.29, 1.82) is 0 Å². The number of nitrogens with zero attached hydrogens (tertiary/aromatic N) is 1. The number of rotatable bonds is 5. The minimum atomic E-state index is -3.62. The lowest BCUT2D eigenvalue weighted by Crippen LogP contribution is -2.12. The zero-order valence-electron chi connectivity index (χ0n) is 13.7. The third kappa shape index (κ3) is 3.44. The van der Waals surface area contributed by atoms with E-state index in [1.54, 1.807) is 30.5 Å². The third-order valence-electron chi connectivity index (χ3n) is 3.64. The van der Waals surface area contributed by atoms with E-state index in [1.807, 2.05) is 25.1 Å². The predicted octanol–water partition coefficient (Wildman–Crippen LogP) is 3.72. The van der Waals surface area contributed by atoms with Gasteiger partial charge >= 0.3 is 0 Å². The van der Waals surface area contributed by atoms with Crippen molar-refractivity contribution in [2.45, 2.75) is 11.1 Å². The van der Waals surface area contributed by atoms with Crippen molar-refractivity contribution in [1.82, 2.24) is 4.98 Å². The largest absolute Gasteiger partial charge is 0.454 e. The highest BCUT2D eigenvalue weighted by Crippen LogP contribution is 2.35. The minimum absolute atomic E-state index is 0.221. The molecule has 0 saturated carbocycles. The van der Waals surface area contributed by atoms with Crippen molar-refractivity contribution in [2.24, 2.45) is 0 Å². The van der Waals surface area contributed by atoms with Crippen LogP contribution in [0.25, 0.3) is 0 Å². The molecule has 0 fully saturated rings. The summed E-state index contributed by atoms with van der Waals surface area (Å²) in [5, 5.41) is 3.19. The van der Waals surface area contributed by atoms with Gasteiger partial charge in [-0.15, -0.1) is 11.3 Å². The molecule has 0 amide bonds. The standard InChI is InChI=1S/C17H15N3O4S2/c1-11-2-7-17(25-11)26(21,22)20-16-6-4-13(9-18-16)19-12-3-5-14-15(8-12)24-10-23-14/h2-9,19H,10H2,1H3,(H,18,20). The van der Waals surface area contributed by atoms with Gasteiger partial charge < -0.3 is 14.8 Å².